The van der Waals surface area contributed by atoms with Gasteiger partial charge in [-0.3, -0.25) is 4.79 Å². The summed E-state index contributed by atoms with van der Waals surface area (Å²) in [6, 6.07) is 15.3. The zero-order valence-electron chi connectivity index (χ0n) is 18.1. The summed E-state index contributed by atoms with van der Waals surface area (Å²) in [5.41, 5.74) is 4.62. The maximum Gasteiger partial charge on any atom is 0.261 e. The molecule has 0 spiro atoms. The van der Waals surface area contributed by atoms with Crippen LogP contribution >= 0.6 is 11.3 Å². The van der Waals surface area contributed by atoms with E-state index in [-0.39, 0.29) is 11.7 Å². The second kappa shape index (κ2) is 8.13. The number of nitrogens with one attached hydrogen (secondary N) is 1. The molecule has 0 bridgehead atoms. The van der Waals surface area contributed by atoms with Crippen molar-refractivity contribution in [3.63, 3.8) is 0 Å². The summed E-state index contributed by atoms with van der Waals surface area (Å²) in [5, 5.41) is 2.96. The van der Waals surface area contributed by atoms with Gasteiger partial charge in [-0.2, -0.15) is 0 Å². The van der Waals surface area contributed by atoms with E-state index >= 15 is 0 Å². The van der Waals surface area contributed by atoms with Crippen LogP contribution in [0, 0.1) is 0 Å². The Morgan fingerprint density at radius 2 is 1.81 bits per heavy atom. The van der Waals surface area contributed by atoms with Gasteiger partial charge in [-0.25, -0.2) is 8.42 Å². The molecule has 0 fully saturated rings. The van der Waals surface area contributed by atoms with Crippen molar-refractivity contribution in [1.82, 2.24) is 5.32 Å². The number of hydrogen-bond acceptors (Lipinski definition) is 5. The molecule has 0 atom stereocenters. The van der Waals surface area contributed by atoms with Crippen molar-refractivity contribution >= 4 is 32.8 Å². The quantitative estimate of drug-likeness (QED) is 0.600. The lowest BCUT2D eigenvalue weighted by molar-refractivity contribution is 0.0955. The molecule has 1 amide bonds. The van der Waals surface area contributed by atoms with Crippen molar-refractivity contribution in [3.8, 4) is 10.4 Å². The first-order valence-corrected chi connectivity index (χ1v) is 12.7. The number of anilines is 1. The summed E-state index contributed by atoms with van der Waals surface area (Å²) in [6.07, 6.45) is 0. The number of fused-ring (bicyclic) bond motifs is 3. The van der Waals surface area contributed by atoms with Crippen LogP contribution in [0.4, 0.5) is 5.69 Å². The monoisotopic (exact) mass is 454 g/mol. The highest BCUT2D eigenvalue weighted by Crippen LogP contribution is 2.43. The molecule has 3 aromatic rings. The first-order valence-electron chi connectivity index (χ1n) is 10.2. The Bertz CT molecular complexity index is 1240. The molecule has 0 saturated carbocycles. The van der Waals surface area contributed by atoms with Gasteiger partial charge >= 0.3 is 0 Å². The molecule has 0 unspecified atom stereocenters. The second-order valence-electron chi connectivity index (χ2n) is 8.38. The van der Waals surface area contributed by atoms with E-state index in [9.17, 15) is 13.2 Å². The number of hydrogen-bond donors (Lipinski definition) is 1. The summed E-state index contributed by atoms with van der Waals surface area (Å²) in [4.78, 5) is 16.6. The predicted molar refractivity (Wildman–Crippen MR) is 127 cm³/mol. The standard InChI is InChI=1S/C24H26N2O3S2/c1-15(2)17-7-10-22-20(11-17)23-18(14-31(22,28)29)12-21(30-23)24(27)25-13-16-5-8-19(9-6-16)26(3)4/h5-12,15H,13-14H2,1-4H3,(H,25,27). The van der Waals surface area contributed by atoms with E-state index in [4.69, 9.17) is 0 Å². The van der Waals surface area contributed by atoms with Crippen molar-refractivity contribution in [2.75, 3.05) is 19.0 Å². The Hall–Kier alpha value is -2.64. The molecule has 1 aliphatic rings. The second-order valence-corrected chi connectivity index (χ2v) is 11.4. The molecule has 1 aliphatic heterocycles. The lowest BCUT2D eigenvalue weighted by atomic mass is 9.99. The maximum atomic E-state index is 12.8. The van der Waals surface area contributed by atoms with Crippen LogP contribution in [0.3, 0.4) is 0 Å². The first kappa shape index (κ1) is 21.6. The summed E-state index contributed by atoms with van der Waals surface area (Å²) in [5.74, 6) is 0.0432. The van der Waals surface area contributed by atoms with Gasteiger partial charge < -0.3 is 10.2 Å². The minimum Gasteiger partial charge on any atom is -0.378 e. The smallest absolute Gasteiger partial charge is 0.261 e. The van der Waals surface area contributed by atoms with Crippen molar-refractivity contribution in [2.45, 2.75) is 37.0 Å². The zero-order chi connectivity index (χ0) is 22.3. The van der Waals surface area contributed by atoms with Crippen molar-refractivity contribution < 1.29 is 13.2 Å². The minimum atomic E-state index is -3.41. The van der Waals surface area contributed by atoms with E-state index in [1.54, 1.807) is 12.1 Å². The van der Waals surface area contributed by atoms with Crippen LogP contribution in [0.5, 0.6) is 0 Å². The molecule has 0 aliphatic carbocycles. The van der Waals surface area contributed by atoms with Crippen molar-refractivity contribution in [2.24, 2.45) is 0 Å². The van der Waals surface area contributed by atoms with E-state index in [1.807, 2.05) is 55.4 Å². The normalized spacial score (nSPS) is 14.1. The average Bonchev–Trinajstić information content (AvgIpc) is 3.15. The average molecular weight is 455 g/mol. The van der Waals surface area contributed by atoms with E-state index in [2.05, 4.69) is 19.2 Å². The predicted octanol–water partition coefficient (Wildman–Crippen LogP) is 4.82. The fourth-order valence-corrected chi connectivity index (χ4v) is 6.54. The Balaban J connectivity index is 1.59. The molecule has 7 heteroatoms. The largest absolute Gasteiger partial charge is 0.378 e. The Morgan fingerprint density at radius 1 is 1.10 bits per heavy atom. The van der Waals surface area contributed by atoms with E-state index in [0.717, 1.165) is 27.3 Å². The maximum absolute atomic E-state index is 12.8. The van der Waals surface area contributed by atoms with Crippen LogP contribution in [-0.4, -0.2) is 28.4 Å². The summed E-state index contributed by atoms with van der Waals surface area (Å²) in [6.45, 7) is 4.58. The van der Waals surface area contributed by atoms with Crippen LogP contribution in [-0.2, 0) is 22.1 Å². The number of nitrogens with zero attached hydrogens (tertiary/aromatic N) is 1. The number of amides is 1. The Morgan fingerprint density at radius 3 is 2.45 bits per heavy atom. The van der Waals surface area contributed by atoms with Gasteiger partial charge in [0, 0.05) is 36.8 Å². The van der Waals surface area contributed by atoms with Crippen LogP contribution in [0.25, 0.3) is 10.4 Å². The van der Waals surface area contributed by atoms with Crippen LogP contribution in [0.2, 0.25) is 0 Å². The summed E-state index contributed by atoms with van der Waals surface area (Å²) < 4.78 is 25.6. The van der Waals surface area contributed by atoms with Gasteiger partial charge in [-0.15, -0.1) is 11.3 Å². The number of thiophene rings is 1. The number of sulfone groups is 1. The molecule has 0 saturated heterocycles. The van der Waals surface area contributed by atoms with Crippen molar-refractivity contribution in [3.05, 3.63) is 70.1 Å². The topological polar surface area (TPSA) is 66.5 Å². The van der Waals surface area contributed by atoms with E-state index in [1.165, 1.54) is 11.3 Å². The molecule has 2 aromatic carbocycles. The van der Waals surface area contributed by atoms with Crippen molar-refractivity contribution in [1.29, 1.82) is 0 Å². The molecular formula is C24H26N2O3S2. The molecule has 5 nitrogen and oxygen atoms in total. The lowest BCUT2D eigenvalue weighted by Gasteiger charge is -2.18. The molecule has 31 heavy (non-hydrogen) atoms. The highest BCUT2D eigenvalue weighted by atomic mass is 32.2. The lowest BCUT2D eigenvalue weighted by Crippen LogP contribution is -2.21. The summed E-state index contributed by atoms with van der Waals surface area (Å²) in [7, 11) is 0.562. The van der Waals surface area contributed by atoms with E-state index in [0.29, 0.717) is 27.8 Å². The van der Waals surface area contributed by atoms with Gasteiger partial charge in [0.1, 0.15) is 0 Å². The third kappa shape index (κ3) is 4.25. The molecule has 2 heterocycles. The highest BCUT2D eigenvalue weighted by Gasteiger charge is 2.31. The third-order valence-corrected chi connectivity index (χ3v) is 8.46. The van der Waals surface area contributed by atoms with Crippen LogP contribution in [0.15, 0.2) is 53.4 Å². The third-order valence-electron chi connectivity index (χ3n) is 5.53. The Kier molecular flexibility index (Phi) is 5.66. The molecule has 4 rings (SSSR count). The number of carbonyl (C=O) groups excluding carboxylic acids is 1. The number of carbonyl (C=O) groups is 1. The highest BCUT2D eigenvalue weighted by molar-refractivity contribution is 7.91. The summed E-state index contributed by atoms with van der Waals surface area (Å²) >= 11 is 1.37. The van der Waals surface area contributed by atoms with Gasteiger partial charge in [0.15, 0.2) is 9.84 Å². The van der Waals surface area contributed by atoms with E-state index < -0.39 is 9.84 Å². The zero-order valence-corrected chi connectivity index (χ0v) is 19.7. The SMILES string of the molecule is CC(C)c1ccc2c(c1)-c1sc(C(=O)NCc3ccc(N(C)C)cc3)cc1CS2(=O)=O. The minimum absolute atomic E-state index is 0.0634. The van der Waals surface area contributed by atoms with Gasteiger partial charge in [-0.05, 0) is 52.9 Å². The van der Waals surface area contributed by atoms with Gasteiger partial charge in [-0.1, -0.05) is 32.0 Å². The first-order chi connectivity index (χ1) is 14.7. The molecule has 0 radical (unpaired) electrons. The molecule has 1 aromatic heterocycles. The number of rotatable bonds is 5. The Labute approximate surface area is 187 Å². The van der Waals surface area contributed by atoms with Crippen LogP contribution in [0.1, 0.15) is 46.1 Å². The molecule has 162 valence electrons. The van der Waals surface area contributed by atoms with Crippen LogP contribution < -0.4 is 10.2 Å². The molecular weight excluding hydrogens is 428 g/mol. The number of benzene rings is 2. The van der Waals surface area contributed by atoms with Gasteiger partial charge in [0.2, 0.25) is 0 Å². The van der Waals surface area contributed by atoms with Gasteiger partial charge in [0.25, 0.3) is 5.91 Å². The fourth-order valence-electron chi connectivity index (χ4n) is 3.70. The van der Waals surface area contributed by atoms with Gasteiger partial charge in [0.05, 0.1) is 15.5 Å². The fraction of sp³-hybridized carbons (Fsp3) is 0.292. The molecule has 1 N–H and O–H groups in total.